The number of benzene rings is 2. The molecular formula is C23H16F3N5O2. The molecule has 33 heavy (non-hydrogen) atoms. The van der Waals surface area contributed by atoms with Gasteiger partial charge in [0.1, 0.15) is 5.75 Å². The molecule has 0 aliphatic heterocycles. The number of ether oxygens (including phenoxy) is 1. The summed E-state index contributed by atoms with van der Waals surface area (Å²) in [5, 5.41) is 12.0. The van der Waals surface area contributed by atoms with E-state index < -0.39 is 11.9 Å². The maximum Gasteiger partial charge on any atom is 0.433 e. The molecule has 0 N–H and O–H groups in total. The fraction of sp³-hybridized carbons (Fsp3) is 0.130. The number of nitrogens with zero attached hydrogens (tertiary/aromatic N) is 5. The molecule has 7 nitrogen and oxygen atoms in total. The van der Waals surface area contributed by atoms with Crippen LogP contribution in [-0.4, -0.2) is 31.9 Å². The third-order valence-corrected chi connectivity index (χ3v) is 4.99. The van der Waals surface area contributed by atoms with Crippen LogP contribution < -0.4 is 4.74 Å². The molecule has 5 aromatic rings. The minimum Gasteiger partial charge on any atom is -0.497 e. The fourth-order valence-corrected chi connectivity index (χ4v) is 3.38. The summed E-state index contributed by atoms with van der Waals surface area (Å²) in [6.07, 6.45) is -4.28. The van der Waals surface area contributed by atoms with Gasteiger partial charge in [-0.15, -0.1) is 10.2 Å². The normalized spacial score (nSPS) is 11.8. The Morgan fingerprint density at radius 1 is 0.939 bits per heavy atom. The summed E-state index contributed by atoms with van der Waals surface area (Å²) >= 11 is 0. The lowest BCUT2D eigenvalue weighted by Crippen LogP contribution is -2.13. The molecule has 0 fully saturated rings. The quantitative estimate of drug-likeness (QED) is 0.372. The predicted octanol–water partition coefficient (Wildman–Crippen LogP) is 5.06. The van der Waals surface area contributed by atoms with E-state index in [1.165, 1.54) is 6.07 Å². The molecule has 0 spiro atoms. The molecule has 0 aliphatic rings. The van der Waals surface area contributed by atoms with E-state index in [0.717, 1.165) is 21.9 Å². The van der Waals surface area contributed by atoms with Crippen LogP contribution in [0.1, 0.15) is 17.1 Å². The van der Waals surface area contributed by atoms with Crippen molar-refractivity contribution in [2.75, 3.05) is 7.11 Å². The lowest BCUT2D eigenvalue weighted by atomic mass is 10.1. The van der Waals surface area contributed by atoms with Crippen molar-refractivity contribution in [3.63, 3.8) is 0 Å². The van der Waals surface area contributed by atoms with Crippen LogP contribution >= 0.6 is 0 Å². The van der Waals surface area contributed by atoms with Crippen LogP contribution in [0.4, 0.5) is 13.2 Å². The van der Waals surface area contributed by atoms with Gasteiger partial charge in [-0.25, -0.2) is 9.50 Å². The number of methoxy groups -OCH3 is 1. The summed E-state index contributed by atoms with van der Waals surface area (Å²) in [7, 11) is 1.58. The Bertz CT molecular complexity index is 1410. The number of halogens is 3. The molecule has 0 bridgehead atoms. The van der Waals surface area contributed by atoms with E-state index >= 15 is 0 Å². The van der Waals surface area contributed by atoms with Crippen molar-refractivity contribution < 1.29 is 22.3 Å². The predicted molar refractivity (Wildman–Crippen MR) is 113 cm³/mol. The van der Waals surface area contributed by atoms with Gasteiger partial charge in [-0.1, -0.05) is 42.5 Å². The smallest absolute Gasteiger partial charge is 0.433 e. The topological polar surface area (TPSA) is 78.3 Å². The Hall–Kier alpha value is -4.21. The number of aromatic nitrogens is 5. The Morgan fingerprint density at radius 3 is 2.39 bits per heavy atom. The molecule has 2 aromatic carbocycles. The monoisotopic (exact) mass is 451 g/mol. The Labute approximate surface area is 185 Å². The molecule has 3 heterocycles. The molecule has 0 atom stereocenters. The zero-order valence-corrected chi connectivity index (χ0v) is 17.2. The number of alkyl halides is 3. The van der Waals surface area contributed by atoms with Crippen molar-refractivity contribution in [1.82, 2.24) is 24.8 Å². The molecule has 0 amide bonds. The molecular weight excluding hydrogens is 435 g/mol. The maximum absolute atomic E-state index is 13.8. The summed E-state index contributed by atoms with van der Waals surface area (Å²) in [5.41, 5.74) is 0.839. The maximum atomic E-state index is 13.8. The highest BCUT2D eigenvalue weighted by atomic mass is 19.4. The molecule has 0 radical (unpaired) electrons. The molecule has 3 aromatic heterocycles. The first-order valence-electron chi connectivity index (χ1n) is 9.90. The van der Waals surface area contributed by atoms with E-state index in [9.17, 15) is 13.2 Å². The van der Waals surface area contributed by atoms with Crippen LogP contribution in [0.2, 0.25) is 0 Å². The van der Waals surface area contributed by atoms with Gasteiger partial charge in [-0.2, -0.15) is 18.3 Å². The van der Waals surface area contributed by atoms with Gasteiger partial charge >= 0.3 is 6.18 Å². The molecule has 0 saturated heterocycles. The van der Waals surface area contributed by atoms with Crippen LogP contribution in [0, 0.1) is 0 Å². The van der Waals surface area contributed by atoms with E-state index in [4.69, 9.17) is 9.15 Å². The minimum atomic E-state index is -4.64. The van der Waals surface area contributed by atoms with Crippen LogP contribution in [0.25, 0.3) is 28.5 Å². The van der Waals surface area contributed by atoms with Crippen molar-refractivity contribution in [3.8, 4) is 28.6 Å². The summed E-state index contributed by atoms with van der Waals surface area (Å²) < 4.78 is 52.9. The van der Waals surface area contributed by atoms with Crippen molar-refractivity contribution in [1.29, 1.82) is 0 Å². The molecule has 0 unspecified atom stereocenters. The first kappa shape index (κ1) is 20.7. The summed E-state index contributed by atoms with van der Waals surface area (Å²) in [5.74, 6) is 1.04. The third-order valence-electron chi connectivity index (χ3n) is 4.99. The lowest BCUT2D eigenvalue weighted by Gasteiger charge is -2.10. The van der Waals surface area contributed by atoms with E-state index in [2.05, 4.69) is 20.3 Å². The van der Waals surface area contributed by atoms with Gasteiger partial charge in [0.05, 0.1) is 19.2 Å². The lowest BCUT2D eigenvalue weighted by molar-refractivity contribution is -0.142. The van der Waals surface area contributed by atoms with Gasteiger partial charge in [0.15, 0.2) is 17.0 Å². The summed E-state index contributed by atoms with van der Waals surface area (Å²) in [4.78, 5) is 4.36. The van der Waals surface area contributed by atoms with E-state index in [-0.39, 0.29) is 22.9 Å². The second-order valence-electron chi connectivity index (χ2n) is 7.22. The van der Waals surface area contributed by atoms with Crippen molar-refractivity contribution in [2.45, 2.75) is 12.6 Å². The first-order chi connectivity index (χ1) is 15.9. The van der Waals surface area contributed by atoms with Crippen molar-refractivity contribution >= 4 is 5.65 Å². The second kappa shape index (κ2) is 8.05. The second-order valence-corrected chi connectivity index (χ2v) is 7.22. The van der Waals surface area contributed by atoms with Crippen LogP contribution in [0.5, 0.6) is 5.75 Å². The Morgan fingerprint density at radius 2 is 1.70 bits per heavy atom. The van der Waals surface area contributed by atoms with Crippen LogP contribution in [0.3, 0.4) is 0 Å². The van der Waals surface area contributed by atoms with Crippen LogP contribution in [-0.2, 0) is 12.6 Å². The molecule has 5 rings (SSSR count). The van der Waals surface area contributed by atoms with E-state index in [1.54, 1.807) is 37.4 Å². The zero-order chi connectivity index (χ0) is 23.0. The Kier molecular flexibility index (Phi) is 5.04. The Balaban J connectivity index is 1.51. The fourth-order valence-electron chi connectivity index (χ4n) is 3.38. The van der Waals surface area contributed by atoms with Gasteiger partial charge < -0.3 is 9.15 Å². The number of hydrogen-bond acceptors (Lipinski definition) is 6. The molecule has 166 valence electrons. The SMILES string of the molecule is COc1ccc(Cc2nnc(-c3cc4nc(-c5ccccc5)cc(C(F)(F)F)n4n3)o2)cc1. The average Bonchev–Trinajstić information content (AvgIpc) is 3.45. The van der Waals surface area contributed by atoms with Crippen molar-refractivity contribution in [3.05, 3.63) is 83.9 Å². The third kappa shape index (κ3) is 4.14. The molecule has 10 heteroatoms. The molecule has 0 saturated carbocycles. The van der Waals surface area contributed by atoms with E-state index in [0.29, 0.717) is 17.9 Å². The van der Waals surface area contributed by atoms with Gasteiger partial charge in [0.25, 0.3) is 5.89 Å². The van der Waals surface area contributed by atoms with Gasteiger partial charge in [-0.05, 0) is 23.8 Å². The standard InChI is InChI=1S/C23H16F3N5O2/c1-32-16-9-7-14(8-10-16)11-21-28-29-22(33-21)18-13-20-27-17(15-5-3-2-4-6-15)12-19(23(24,25)26)31(20)30-18/h2-10,12-13H,11H2,1H3. The number of hydrogen-bond donors (Lipinski definition) is 0. The summed E-state index contributed by atoms with van der Waals surface area (Å²) in [6, 6.07) is 18.3. The van der Waals surface area contributed by atoms with Crippen LogP contribution in [0.15, 0.2) is 71.1 Å². The number of rotatable bonds is 5. The van der Waals surface area contributed by atoms with Crippen molar-refractivity contribution in [2.24, 2.45) is 0 Å². The number of fused-ring (bicyclic) bond motifs is 1. The first-order valence-corrected chi connectivity index (χ1v) is 9.90. The average molecular weight is 451 g/mol. The molecule has 0 aliphatic carbocycles. The van der Waals surface area contributed by atoms with E-state index in [1.807, 2.05) is 24.3 Å². The van der Waals surface area contributed by atoms with Gasteiger partial charge in [-0.3, -0.25) is 0 Å². The highest BCUT2D eigenvalue weighted by molar-refractivity contribution is 5.65. The van der Waals surface area contributed by atoms with Gasteiger partial charge in [0.2, 0.25) is 5.89 Å². The largest absolute Gasteiger partial charge is 0.497 e. The van der Waals surface area contributed by atoms with Gasteiger partial charge in [0, 0.05) is 11.6 Å². The highest BCUT2D eigenvalue weighted by Gasteiger charge is 2.35. The zero-order valence-electron chi connectivity index (χ0n) is 17.2. The highest BCUT2D eigenvalue weighted by Crippen LogP contribution is 2.33. The summed E-state index contributed by atoms with van der Waals surface area (Å²) in [6.45, 7) is 0. The minimum absolute atomic E-state index is 0.0124.